The van der Waals surface area contributed by atoms with E-state index in [0.717, 1.165) is 18.2 Å². The fraction of sp³-hybridized carbons (Fsp3) is 0.421. The number of imide groups is 1. The second-order valence-corrected chi connectivity index (χ2v) is 7.56. The fourth-order valence-corrected chi connectivity index (χ4v) is 3.96. The number of carbonyl (C=O) groups is 3. The Morgan fingerprint density at radius 2 is 2.08 bits per heavy atom. The molecule has 0 unspecified atom stereocenters. The van der Waals surface area contributed by atoms with E-state index in [1.54, 1.807) is 24.3 Å². The summed E-state index contributed by atoms with van der Waals surface area (Å²) in [6.07, 6.45) is 7.65. The molecule has 6 nitrogen and oxygen atoms in total. The minimum atomic E-state index is -0.437. The molecule has 2 N–H and O–H groups in total. The second kappa shape index (κ2) is 8.51. The zero-order valence-corrected chi connectivity index (χ0v) is 15.1. The molecule has 2 fully saturated rings. The number of rotatable bonds is 6. The molecule has 2 amide bonds. The van der Waals surface area contributed by atoms with Crippen LogP contribution in [0.3, 0.4) is 0 Å². The largest absolute Gasteiger partial charge is 0.426 e. The highest BCUT2D eigenvalue weighted by Crippen LogP contribution is 2.30. The van der Waals surface area contributed by atoms with Crippen molar-refractivity contribution in [1.82, 2.24) is 5.32 Å². The van der Waals surface area contributed by atoms with Gasteiger partial charge < -0.3 is 9.84 Å². The minimum absolute atomic E-state index is 0.291. The van der Waals surface area contributed by atoms with E-state index in [1.165, 1.54) is 25.7 Å². The van der Waals surface area contributed by atoms with Crippen molar-refractivity contribution < 1.29 is 24.2 Å². The molecule has 1 heterocycles. The van der Waals surface area contributed by atoms with Crippen LogP contribution >= 0.6 is 11.8 Å². The summed E-state index contributed by atoms with van der Waals surface area (Å²) in [6.45, 7) is -0.291. The lowest BCUT2D eigenvalue weighted by Gasteiger charge is -2.11. The lowest BCUT2D eigenvalue weighted by Crippen LogP contribution is -2.17. The Hall–Kier alpha value is -2.12. The van der Waals surface area contributed by atoms with Gasteiger partial charge in [0, 0.05) is 12.0 Å². The number of aliphatic hydroxyl groups excluding tert-OH is 1. The van der Waals surface area contributed by atoms with Crippen LogP contribution in [0, 0.1) is 5.92 Å². The lowest BCUT2D eigenvalue weighted by molar-refractivity contribution is -0.134. The van der Waals surface area contributed by atoms with E-state index in [9.17, 15) is 19.5 Å². The maximum atomic E-state index is 12.1. The van der Waals surface area contributed by atoms with E-state index in [0.29, 0.717) is 34.1 Å². The number of carbonyl (C=O) groups excluding carboxylic acids is 3. The second-order valence-electron chi connectivity index (χ2n) is 6.54. The van der Waals surface area contributed by atoms with Crippen molar-refractivity contribution in [3.8, 4) is 5.75 Å². The predicted molar refractivity (Wildman–Crippen MR) is 98.3 cm³/mol. The smallest absolute Gasteiger partial charge is 0.311 e. The zero-order valence-electron chi connectivity index (χ0n) is 14.3. The molecule has 26 heavy (non-hydrogen) atoms. The van der Waals surface area contributed by atoms with Gasteiger partial charge in [-0.3, -0.25) is 19.7 Å². The molecule has 138 valence electrons. The van der Waals surface area contributed by atoms with Gasteiger partial charge in [-0.1, -0.05) is 31.7 Å². The van der Waals surface area contributed by atoms with Crippen LogP contribution in [-0.2, 0) is 16.2 Å². The number of hydrogen-bond acceptors (Lipinski definition) is 6. The molecule has 1 saturated heterocycles. The van der Waals surface area contributed by atoms with Gasteiger partial charge in [0.1, 0.15) is 5.75 Å². The predicted octanol–water partition coefficient (Wildman–Crippen LogP) is 3.38. The molecule has 1 aliphatic heterocycles. The Balaban J connectivity index is 1.64. The lowest BCUT2D eigenvalue weighted by atomic mass is 10.0. The van der Waals surface area contributed by atoms with Crippen molar-refractivity contribution in [3.05, 3.63) is 34.2 Å². The molecule has 2 aliphatic rings. The van der Waals surface area contributed by atoms with E-state index in [1.807, 2.05) is 0 Å². The quantitative estimate of drug-likeness (QED) is 0.450. The van der Waals surface area contributed by atoms with Crippen LogP contribution in [-0.4, -0.2) is 22.2 Å². The van der Waals surface area contributed by atoms with Crippen LogP contribution in [0.1, 0.15) is 49.7 Å². The molecule has 1 aliphatic carbocycles. The molecule has 1 aromatic rings. The monoisotopic (exact) mass is 375 g/mol. The minimum Gasteiger partial charge on any atom is -0.426 e. The maximum Gasteiger partial charge on any atom is 0.311 e. The normalized spacial score (nSPS) is 19.2. The molecular formula is C19H21NO5S. The van der Waals surface area contributed by atoms with E-state index in [4.69, 9.17) is 4.74 Å². The van der Waals surface area contributed by atoms with Gasteiger partial charge in [0.15, 0.2) is 0 Å². The standard InChI is InChI=1S/C19H21NO5S/c21-11-14-9-13(10-16-18(23)20-19(24)26-16)5-7-15(14)25-17(22)8-6-12-3-1-2-4-12/h5,7,9-10,12,21H,1-4,6,8,11H2,(H,20,23,24)/b16-10-. The molecule has 0 radical (unpaired) electrons. The molecule has 0 atom stereocenters. The van der Waals surface area contributed by atoms with Crippen LogP contribution in [0.4, 0.5) is 4.79 Å². The molecular weight excluding hydrogens is 354 g/mol. The first-order chi connectivity index (χ1) is 12.5. The summed E-state index contributed by atoms with van der Waals surface area (Å²) in [5, 5.41) is 11.3. The van der Waals surface area contributed by atoms with Gasteiger partial charge in [0.25, 0.3) is 11.1 Å². The van der Waals surface area contributed by atoms with Gasteiger partial charge in [-0.15, -0.1) is 0 Å². The van der Waals surface area contributed by atoms with Crippen molar-refractivity contribution in [3.63, 3.8) is 0 Å². The Labute approximate surface area is 156 Å². The Morgan fingerprint density at radius 3 is 2.73 bits per heavy atom. The fourth-order valence-electron chi connectivity index (χ4n) is 3.28. The van der Waals surface area contributed by atoms with Gasteiger partial charge in [-0.05, 0) is 47.9 Å². The number of nitrogens with one attached hydrogen (secondary N) is 1. The van der Waals surface area contributed by atoms with Gasteiger partial charge in [0.2, 0.25) is 0 Å². The summed E-state index contributed by atoms with van der Waals surface area (Å²) < 4.78 is 5.40. The molecule has 7 heteroatoms. The third-order valence-corrected chi connectivity index (χ3v) is 5.46. The van der Waals surface area contributed by atoms with E-state index < -0.39 is 11.1 Å². The number of esters is 1. The van der Waals surface area contributed by atoms with Crippen LogP contribution in [0.2, 0.25) is 0 Å². The van der Waals surface area contributed by atoms with Gasteiger partial charge >= 0.3 is 5.97 Å². The highest BCUT2D eigenvalue weighted by molar-refractivity contribution is 8.18. The zero-order chi connectivity index (χ0) is 18.5. The molecule has 0 aromatic heterocycles. The van der Waals surface area contributed by atoms with E-state index in [-0.39, 0.29) is 12.6 Å². The first kappa shape index (κ1) is 18.7. The molecule has 1 saturated carbocycles. The average Bonchev–Trinajstić information content (AvgIpc) is 3.24. The molecule has 0 spiro atoms. The molecule has 0 bridgehead atoms. The number of aliphatic hydroxyl groups is 1. The van der Waals surface area contributed by atoms with Crippen molar-refractivity contribution >= 4 is 35.0 Å². The Kier molecular flexibility index (Phi) is 6.11. The first-order valence-electron chi connectivity index (χ1n) is 8.74. The third-order valence-electron chi connectivity index (χ3n) is 4.65. The molecule has 1 aromatic carbocycles. The van der Waals surface area contributed by atoms with Crippen LogP contribution in [0.15, 0.2) is 23.1 Å². The highest BCUT2D eigenvalue weighted by atomic mass is 32.2. The topological polar surface area (TPSA) is 92.7 Å². The van der Waals surface area contributed by atoms with Crippen molar-refractivity contribution in [2.45, 2.75) is 45.1 Å². The SMILES string of the molecule is O=C(CCC1CCCC1)Oc1ccc(/C=C2\SC(=O)NC2=O)cc1CO. The van der Waals surface area contributed by atoms with Gasteiger partial charge in [0.05, 0.1) is 11.5 Å². The van der Waals surface area contributed by atoms with Crippen LogP contribution < -0.4 is 10.1 Å². The highest BCUT2D eigenvalue weighted by Gasteiger charge is 2.25. The Bertz CT molecular complexity index is 752. The number of hydrogen-bond donors (Lipinski definition) is 2. The van der Waals surface area contributed by atoms with E-state index >= 15 is 0 Å². The van der Waals surface area contributed by atoms with Crippen molar-refractivity contribution in [2.24, 2.45) is 5.92 Å². The van der Waals surface area contributed by atoms with Crippen molar-refractivity contribution in [1.29, 1.82) is 0 Å². The number of amides is 2. The maximum absolute atomic E-state index is 12.1. The Morgan fingerprint density at radius 1 is 1.31 bits per heavy atom. The van der Waals surface area contributed by atoms with Crippen LogP contribution in [0.5, 0.6) is 5.75 Å². The summed E-state index contributed by atoms with van der Waals surface area (Å²) in [6, 6.07) is 4.93. The number of thioether (sulfide) groups is 1. The summed E-state index contributed by atoms with van der Waals surface area (Å²) in [7, 11) is 0. The van der Waals surface area contributed by atoms with Crippen LogP contribution in [0.25, 0.3) is 6.08 Å². The summed E-state index contributed by atoms with van der Waals surface area (Å²) in [4.78, 5) is 35.2. The molecule has 3 rings (SSSR count). The third kappa shape index (κ3) is 4.74. The van der Waals surface area contributed by atoms with Gasteiger partial charge in [-0.25, -0.2) is 0 Å². The number of benzene rings is 1. The summed E-state index contributed by atoms with van der Waals surface area (Å²) >= 11 is 0.829. The summed E-state index contributed by atoms with van der Waals surface area (Å²) in [5.41, 5.74) is 1.11. The first-order valence-corrected chi connectivity index (χ1v) is 9.56. The summed E-state index contributed by atoms with van der Waals surface area (Å²) in [5.74, 6) is 0.208. The van der Waals surface area contributed by atoms with Crippen molar-refractivity contribution in [2.75, 3.05) is 0 Å². The average molecular weight is 375 g/mol. The van der Waals surface area contributed by atoms with Gasteiger partial charge in [-0.2, -0.15) is 0 Å². The number of ether oxygens (including phenoxy) is 1. The van der Waals surface area contributed by atoms with E-state index in [2.05, 4.69) is 5.32 Å².